The van der Waals surface area contributed by atoms with Crippen LogP contribution in [0.4, 0.5) is 5.69 Å². The van der Waals surface area contributed by atoms with E-state index in [0.717, 1.165) is 6.42 Å². The second kappa shape index (κ2) is 6.16. The molecule has 5 nitrogen and oxygen atoms in total. The summed E-state index contributed by atoms with van der Waals surface area (Å²) < 4.78 is 0. The lowest BCUT2D eigenvalue weighted by Gasteiger charge is -2.38. The molecule has 0 radical (unpaired) electrons. The molecule has 1 saturated carbocycles. The highest BCUT2D eigenvalue weighted by Gasteiger charge is 2.38. The highest BCUT2D eigenvalue weighted by Crippen LogP contribution is 2.42. The average molecular weight is 305 g/mol. The summed E-state index contributed by atoms with van der Waals surface area (Å²) in [4.78, 5) is 22.4. The number of nitro benzene ring substituents is 1. The number of hydrogen-bond acceptors (Lipinski definition) is 4. The number of nitrogens with zero attached hydrogens (tertiary/aromatic N) is 1. The number of non-ortho nitro benzene ring substituents is 1. The Balaban J connectivity index is 2.17. The minimum Gasteiger partial charge on any atom is -0.388 e. The van der Waals surface area contributed by atoms with Crippen molar-refractivity contribution in [2.75, 3.05) is 0 Å². The molecule has 0 saturated heterocycles. The molecule has 0 amide bonds. The van der Waals surface area contributed by atoms with Crippen molar-refractivity contribution in [3.8, 4) is 0 Å². The molecule has 1 aromatic carbocycles. The number of nitro groups is 1. The van der Waals surface area contributed by atoms with E-state index in [4.69, 9.17) is 0 Å². The van der Waals surface area contributed by atoms with E-state index < -0.39 is 16.9 Å². The van der Waals surface area contributed by atoms with Crippen LogP contribution in [0.2, 0.25) is 0 Å². The van der Waals surface area contributed by atoms with Gasteiger partial charge in [-0.25, -0.2) is 0 Å². The van der Waals surface area contributed by atoms with Gasteiger partial charge in [-0.1, -0.05) is 20.8 Å². The van der Waals surface area contributed by atoms with Crippen molar-refractivity contribution in [3.05, 3.63) is 39.9 Å². The smallest absolute Gasteiger partial charge is 0.269 e. The van der Waals surface area contributed by atoms with Crippen molar-refractivity contribution < 1.29 is 14.8 Å². The van der Waals surface area contributed by atoms with Gasteiger partial charge >= 0.3 is 0 Å². The Morgan fingerprint density at radius 3 is 2.36 bits per heavy atom. The fourth-order valence-electron chi connectivity index (χ4n) is 3.17. The van der Waals surface area contributed by atoms with Gasteiger partial charge in [-0.2, -0.15) is 0 Å². The SMILES string of the molecule is CC(C)(C)[C@H]1CCC(=O)[C@@H]([C@H](O)c2ccc([N+](=O)[O-])cc2)C1. The Morgan fingerprint density at radius 2 is 1.86 bits per heavy atom. The number of ketones is 1. The van der Waals surface area contributed by atoms with Gasteiger partial charge in [-0.15, -0.1) is 0 Å². The molecule has 120 valence electrons. The van der Waals surface area contributed by atoms with Gasteiger partial charge in [0.05, 0.1) is 11.0 Å². The van der Waals surface area contributed by atoms with E-state index in [9.17, 15) is 20.0 Å². The molecule has 22 heavy (non-hydrogen) atoms. The molecule has 0 aromatic heterocycles. The second-order valence-corrected chi connectivity index (χ2v) is 7.20. The zero-order chi connectivity index (χ0) is 16.5. The van der Waals surface area contributed by atoms with E-state index in [-0.39, 0.29) is 16.9 Å². The monoisotopic (exact) mass is 305 g/mol. The first-order valence-corrected chi connectivity index (χ1v) is 7.65. The van der Waals surface area contributed by atoms with Crippen LogP contribution >= 0.6 is 0 Å². The normalized spacial score (nSPS) is 24.1. The van der Waals surface area contributed by atoms with E-state index in [1.165, 1.54) is 24.3 Å². The number of benzene rings is 1. The van der Waals surface area contributed by atoms with Crippen LogP contribution < -0.4 is 0 Å². The number of aliphatic hydroxyl groups is 1. The summed E-state index contributed by atoms with van der Waals surface area (Å²) >= 11 is 0. The maximum atomic E-state index is 12.2. The predicted molar refractivity (Wildman–Crippen MR) is 83.3 cm³/mol. The maximum Gasteiger partial charge on any atom is 0.269 e. The van der Waals surface area contributed by atoms with Crippen LogP contribution in [0.3, 0.4) is 0 Å². The van der Waals surface area contributed by atoms with Crippen molar-refractivity contribution >= 4 is 11.5 Å². The average Bonchev–Trinajstić information content (AvgIpc) is 2.46. The Kier molecular flexibility index (Phi) is 4.66. The third kappa shape index (κ3) is 3.53. The second-order valence-electron chi connectivity index (χ2n) is 7.20. The van der Waals surface area contributed by atoms with Crippen LogP contribution in [0.25, 0.3) is 0 Å². The summed E-state index contributed by atoms with van der Waals surface area (Å²) in [6.07, 6.45) is 1.14. The fourth-order valence-corrected chi connectivity index (χ4v) is 3.17. The molecule has 3 atom stereocenters. The standard InChI is InChI=1S/C17H23NO4/c1-17(2,3)12-6-9-15(19)14(10-12)16(20)11-4-7-13(8-5-11)18(21)22/h4-5,7-8,12,14,16,20H,6,9-10H2,1-3H3/t12-,14-,16+/m0/s1. The molecule has 1 aliphatic carbocycles. The Bertz CT molecular complexity index is 559. The van der Waals surface area contributed by atoms with E-state index in [0.29, 0.717) is 24.3 Å². The first-order chi connectivity index (χ1) is 10.2. The molecule has 0 heterocycles. The molecule has 1 fully saturated rings. The number of hydrogen-bond donors (Lipinski definition) is 1. The molecule has 0 unspecified atom stereocenters. The van der Waals surface area contributed by atoms with Gasteiger partial charge in [-0.3, -0.25) is 14.9 Å². The van der Waals surface area contributed by atoms with Crippen molar-refractivity contribution in [2.24, 2.45) is 17.3 Å². The maximum absolute atomic E-state index is 12.2. The largest absolute Gasteiger partial charge is 0.388 e. The fraction of sp³-hybridized carbons (Fsp3) is 0.588. The minimum atomic E-state index is -0.890. The minimum absolute atomic E-state index is 0.0153. The van der Waals surface area contributed by atoms with Crippen LogP contribution in [0, 0.1) is 27.4 Å². The zero-order valence-corrected chi connectivity index (χ0v) is 13.3. The Hall–Kier alpha value is -1.75. The number of carbonyl (C=O) groups excluding carboxylic acids is 1. The van der Waals surface area contributed by atoms with E-state index in [1.54, 1.807) is 0 Å². The van der Waals surface area contributed by atoms with Gasteiger partial charge in [0.2, 0.25) is 0 Å². The van der Waals surface area contributed by atoms with Crippen LogP contribution in [-0.4, -0.2) is 15.8 Å². The lowest BCUT2D eigenvalue weighted by Crippen LogP contribution is -2.35. The first-order valence-electron chi connectivity index (χ1n) is 7.65. The highest BCUT2D eigenvalue weighted by molar-refractivity contribution is 5.82. The molecule has 5 heteroatoms. The molecular weight excluding hydrogens is 282 g/mol. The van der Waals surface area contributed by atoms with Gasteiger partial charge in [0.1, 0.15) is 5.78 Å². The van der Waals surface area contributed by atoms with Gasteiger partial charge < -0.3 is 5.11 Å². The molecule has 0 spiro atoms. The summed E-state index contributed by atoms with van der Waals surface area (Å²) in [6.45, 7) is 6.47. The van der Waals surface area contributed by atoms with Crippen molar-refractivity contribution in [3.63, 3.8) is 0 Å². The summed E-state index contributed by atoms with van der Waals surface area (Å²) in [6, 6.07) is 5.81. The van der Waals surface area contributed by atoms with Crippen molar-refractivity contribution in [1.29, 1.82) is 0 Å². The van der Waals surface area contributed by atoms with E-state index in [1.807, 2.05) is 0 Å². The van der Waals surface area contributed by atoms with Gasteiger partial charge in [-0.05, 0) is 41.9 Å². The Labute approximate surface area is 130 Å². The molecule has 1 aromatic rings. The lowest BCUT2D eigenvalue weighted by molar-refractivity contribution is -0.384. The lowest BCUT2D eigenvalue weighted by atomic mass is 9.67. The number of aliphatic hydroxyl groups excluding tert-OH is 1. The number of rotatable bonds is 3. The quantitative estimate of drug-likeness (QED) is 0.682. The molecule has 2 rings (SSSR count). The molecular formula is C17H23NO4. The third-order valence-electron chi connectivity index (χ3n) is 4.74. The van der Waals surface area contributed by atoms with Crippen LogP contribution in [0.1, 0.15) is 51.7 Å². The van der Waals surface area contributed by atoms with Gasteiger partial charge in [0, 0.05) is 24.5 Å². The van der Waals surface area contributed by atoms with Gasteiger partial charge in [0.15, 0.2) is 0 Å². The summed E-state index contributed by atoms with van der Waals surface area (Å²) in [5.74, 6) is 0.0636. The van der Waals surface area contributed by atoms with E-state index >= 15 is 0 Å². The number of Topliss-reactive ketones (excluding diaryl/α,β-unsaturated/α-hetero) is 1. The van der Waals surface area contributed by atoms with Crippen molar-refractivity contribution in [2.45, 2.75) is 46.1 Å². The molecule has 1 N–H and O–H groups in total. The van der Waals surface area contributed by atoms with Crippen LogP contribution in [-0.2, 0) is 4.79 Å². The number of carbonyl (C=O) groups is 1. The molecule has 0 aliphatic heterocycles. The topological polar surface area (TPSA) is 80.4 Å². The highest BCUT2D eigenvalue weighted by atomic mass is 16.6. The van der Waals surface area contributed by atoms with E-state index in [2.05, 4.69) is 20.8 Å². The third-order valence-corrected chi connectivity index (χ3v) is 4.74. The van der Waals surface area contributed by atoms with Crippen LogP contribution in [0.15, 0.2) is 24.3 Å². The van der Waals surface area contributed by atoms with Crippen molar-refractivity contribution in [1.82, 2.24) is 0 Å². The predicted octanol–water partition coefficient (Wildman–Crippen LogP) is 3.66. The molecule has 1 aliphatic rings. The molecule has 0 bridgehead atoms. The zero-order valence-electron chi connectivity index (χ0n) is 13.3. The first kappa shape index (κ1) is 16.6. The van der Waals surface area contributed by atoms with Gasteiger partial charge in [0.25, 0.3) is 5.69 Å². The summed E-state index contributed by atoms with van der Waals surface area (Å²) in [5, 5.41) is 21.2. The summed E-state index contributed by atoms with van der Waals surface area (Å²) in [7, 11) is 0. The Morgan fingerprint density at radius 1 is 1.27 bits per heavy atom. The summed E-state index contributed by atoms with van der Waals surface area (Å²) in [5.41, 5.74) is 0.658. The van der Waals surface area contributed by atoms with Crippen LogP contribution in [0.5, 0.6) is 0 Å².